The highest BCUT2D eigenvalue weighted by atomic mass is 16.4. The van der Waals surface area contributed by atoms with Gasteiger partial charge in [0.05, 0.1) is 5.56 Å². The number of urea groups is 1. The van der Waals surface area contributed by atoms with Gasteiger partial charge in [0.2, 0.25) is 0 Å². The summed E-state index contributed by atoms with van der Waals surface area (Å²) in [6.07, 6.45) is 0. The Kier molecular flexibility index (Phi) is 3.44. The van der Waals surface area contributed by atoms with Gasteiger partial charge in [-0.15, -0.1) is 0 Å². The molecule has 1 rings (SSSR count). The maximum absolute atomic E-state index is 10.8. The lowest BCUT2D eigenvalue weighted by Crippen LogP contribution is -2.29. The number of hydrazone groups is 1. The van der Waals surface area contributed by atoms with E-state index < -0.39 is 12.0 Å². The quantitative estimate of drug-likeness (QED) is 0.317. The van der Waals surface area contributed by atoms with E-state index in [0.29, 0.717) is 0 Å². The molecule has 0 aromatic heterocycles. The topological polar surface area (TPSA) is 131 Å². The number of carbonyl (C=O) groups excluding carboxylic acids is 1. The van der Waals surface area contributed by atoms with Crippen molar-refractivity contribution in [2.24, 2.45) is 16.6 Å². The number of amides is 2. The fourth-order valence-corrected chi connectivity index (χ4v) is 1.07. The van der Waals surface area contributed by atoms with Gasteiger partial charge in [0, 0.05) is 5.56 Å². The van der Waals surface area contributed by atoms with Crippen LogP contribution in [0.1, 0.15) is 15.9 Å². The molecule has 16 heavy (non-hydrogen) atoms. The number of nitrogens with one attached hydrogen (secondary N) is 1. The molecule has 6 N–H and O–H groups in total. The average molecular weight is 222 g/mol. The van der Waals surface area contributed by atoms with E-state index in [2.05, 4.69) is 5.10 Å². The number of hydrogen-bond acceptors (Lipinski definition) is 3. The minimum atomic E-state index is -1.13. The fourth-order valence-electron chi connectivity index (χ4n) is 1.07. The highest BCUT2D eigenvalue weighted by Gasteiger charge is 2.11. The summed E-state index contributed by atoms with van der Waals surface area (Å²) in [5, 5.41) is 12.3. The summed E-state index contributed by atoms with van der Waals surface area (Å²) in [4.78, 5) is 21.2. The summed E-state index contributed by atoms with van der Waals surface area (Å²) in [5.74, 6) is -1.26. The second-order valence-electron chi connectivity index (χ2n) is 2.82. The van der Waals surface area contributed by atoms with Crippen molar-refractivity contribution in [3.8, 4) is 0 Å². The van der Waals surface area contributed by atoms with Crippen LogP contribution in [0.25, 0.3) is 0 Å². The molecule has 0 fully saturated rings. The summed E-state index contributed by atoms with van der Waals surface area (Å²) in [6.45, 7) is 0. The average Bonchev–Trinajstić information content (AvgIpc) is 2.25. The molecule has 84 valence electrons. The van der Waals surface area contributed by atoms with Gasteiger partial charge in [0.15, 0.2) is 5.84 Å². The smallest absolute Gasteiger partial charge is 0.336 e. The Hall–Kier alpha value is -2.57. The molecule has 7 heteroatoms. The van der Waals surface area contributed by atoms with Crippen LogP contribution in [-0.2, 0) is 0 Å². The van der Waals surface area contributed by atoms with E-state index in [0.717, 1.165) is 0 Å². The molecule has 0 aliphatic carbocycles. The van der Waals surface area contributed by atoms with Crippen LogP contribution < -0.4 is 16.9 Å². The predicted molar refractivity (Wildman–Crippen MR) is 56.8 cm³/mol. The second kappa shape index (κ2) is 4.78. The van der Waals surface area contributed by atoms with E-state index in [4.69, 9.17) is 16.6 Å². The number of carboxylic acids is 1. The number of hydrogen-bond donors (Lipinski definition) is 4. The standard InChI is InChI=1S/C9H10N4O3/c10-7(12-13-9(11)16)5-3-1-2-4-6(5)8(14)15/h1-4H,(H2,10,12)(H,14,15)(H3,11,13,16). The number of carbonyl (C=O) groups is 2. The SMILES string of the molecule is NC(=O)NN=C(N)c1ccccc1C(=O)O. The highest BCUT2D eigenvalue weighted by Crippen LogP contribution is 2.07. The monoisotopic (exact) mass is 222 g/mol. The zero-order valence-electron chi connectivity index (χ0n) is 8.18. The van der Waals surface area contributed by atoms with Gasteiger partial charge in [-0.25, -0.2) is 15.0 Å². The molecule has 1 aromatic carbocycles. The van der Waals surface area contributed by atoms with Crippen molar-refractivity contribution < 1.29 is 14.7 Å². The minimum Gasteiger partial charge on any atom is -0.478 e. The molecule has 0 bridgehead atoms. The normalized spacial score (nSPS) is 10.9. The van der Waals surface area contributed by atoms with Gasteiger partial charge in [-0.05, 0) is 6.07 Å². The van der Waals surface area contributed by atoms with Gasteiger partial charge in [0.1, 0.15) is 0 Å². The molecule has 7 nitrogen and oxygen atoms in total. The van der Waals surface area contributed by atoms with E-state index in [1.54, 1.807) is 12.1 Å². The van der Waals surface area contributed by atoms with Crippen LogP contribution in [0.2, 0.25) is 0 Å². The number of aromatic carboxylic acids is 1. The Labute approximate surface area is 90.7 Å². The van der Waals surface area contributed by atoms with E-state index in [1.165, 1.54) is 12.1 Å². The van der Waals surface area contributed by atoms with Gasteiger partial charge < -0.3 is 16.6 Å². The third-order valence-corrected chi connectivity index (χ3v) is 1.72. The summed E-state index contributed by atoms with van der Waals surface area (Å²) >= 11 is 0. The summed E-state index contributed by atoms with van der Waals surface area (Å²) in [6, 6.07) is 5.14. The van der Waals surface area contributed by atoms with Crippen LogP contribution in [0.4, 0.5) is 4.79 Å². The Morgan fingerprint density at radius 3 is 2.25 bits per heavy atom. The Morgan fingerprint density at radius 2 is 1.75 bits per heavy atom. The first kappa shape index (κ1) is 11.5. The van der Waals surface area contributed by atoms with Crippen molar-refractivity contribution in [2.45, 2.75) is 0 Å². The van der Waals surface area contributed by atoms with E-state index in [9.17, 15) is 9.59 Å². The molecule has 0 spiro atoms. The molecular weight excluding hydrogens is 212 g/mol. The maximum Gasteiger partial charge on any atom is 0.336 e. The van der Waals surface area contributed by atoms with E-state index in [1.807, 2.05) is 5.43 Å². The molecule has 2 amide bonds. The summed E-state index contributed by atoms with van der Waals surface area (Å²) in [5.41, 5.74) is 12.4. The predicted octanol–water partition coefficient (Wildman–Crippen LogP) is -0.327. The second-order valence-corrected chi connectivity index (χ2v) is 2.82. The zero-order valence-corrected chi connectivity index (χ0v) is 8.18. The zero-order chi connectivity index (χ0) is 12.1. The van der Waals surface area contributed by atoms with Crippen molar-refractivity contribution >= 4 is 17.8 Å². The molecule has 0 heterocycles. The Bertz CT molecular complexity index is 456. The van der Waals surface area contributed by atoms with Crippen LogP contribution in [-0.4, -0.2) is 22.9 Å². The van der Waals surface area contributed by atoms with Crippen LogP contribution in [0.3, 0.4) is 0 Å². The van der Waals surface area contributed by atoms with Gasteiger partial charge in [-0.2, -0.15) is 5.10 Å². The number of primary amides is 1. The first-order valence-electron chi connectivity index (χ1n) is 4.23. The van der Waals surface area contributed by atoms with Gasteiger partial charge in [-0.1, -0.05) is 18.2 Å². The molecular formula is C9H10N4O3. The van der Waals surface area contributed by atoms with Crippen molar-refractivity contribution in [3.05, 3.63) is 35.4 Å². The van der Waals surface area contributed by atoms with Crippen LogP contribution in [0.5, 0.6) is 0 Å². The van der Waals surface area contributed by atoms with Crippen molar-refractivity contribution in [1.29, 1.82) is 0 Å². The number of benzene rings is 1. The number of rotatable bonds is 3. The lowest BCUT2D eigenvalue weighted by atomic mass is 10.1. The minimum absolute atomic E-state index is 0.00461. The molecule has 0 radical (unpaired) electrons. The van der Waals surface area contributed by atoms with Crippen molar-refractivity contribution in [1.82, 2.24) is 5.43 Å². The highest BCUT2D eigenvalue weighted by molar-refractivity contribution is 6.06. The largest absolute Gasteiger partial charge is 0.478 e. The van der Waals surface area contributed by atoms with Gasteiger partial charge in [-0.3, -0.25) is 0 Å². The molecule has 0 aliphatic rings. The fraction of sp³-hybridized carbons (Fsp3) is 0. The van der Waals surface area contributed by atoms with Gasteiger partial charge in [0.25, 0.3) is 0 Å². The number of amidine groups is 1. The number of nitrogens with zero attached hydrogens (tertiary/aromatic N) is 1. The Balaban J connectivity index is 3.07. The van der Waals surface area contributed by atoms with Crippen LogP contribution >= 0.6 is 0 Å². The number of nitrogens with two attached hydrogens (primary N) is 2. The summed E-state index contributed by atoms with van der Waals surface area (Å²) in [7, 11) is 0. The molecule has 0 unspecified atom stereocenters. The van der Waals surface area contributed by atoms with E-state index >= 15 is 0 Å². The van der Waals surface area contributed by atoms with Crippen molar-refractivity contribution in [2.75, 3.05) is 0 Å². The van der Waals surface area contributed by atoms with E-state index in [-0.39, 0.29) is 17.0 Å². The lowest BCUT2D eigenvalue weighted by Gasteiger charge is -2.04. The third kappa shape index (κ3) is 2.71. The van der Waals surface area contributed by atoms with Crippen molar-refractivity contribution in [3.63, 3.8) is 0 Å². The first-order valence-corrected chi connectivity index (χ1v) is 4.23. The van der Waals surface area contributed by atoms with Crippen LogP contribution in [0.15, 0.2) is 29.4 Å². The van der Waals surface area contributed by atoms with Gasteiger partial charge >= 0.3 is 12.0 Å². The summed E-state index contributed by atoms with van der Waals surface area (Å²) < 4.78 is 0. The molecule has 0 saturated heterocycles. The lowest BCUT2D eigenvalue weighted by molar-refractivity contribution is 0.0696. The molecule has 0 saturated carbocycles. The first-order chi connectivity index (χ1) is 7.52. The third-order valence-electron chi connectivity index (χ3n) is 1.72. The Morgan fingerprint density at radius 1 is 1.19 bits per heavy atom. The molecule has 0 atom stereocenters. The maximum atomic E-state index is 10.8. The van der Waals surface area contributed by atoms with Crippen LogP contribution in [0, 0.1) is 0 Å². The molecule has 0 aliphatic heterocycles. The molecule has 1 aromatic rings. The number of carboxylic acid groups (broad SMARTS) is 1.